The molecular weight excluding hydrogens is 454 g/mol. The molecule has 11 nitrogen and oxygen atoms in total. The monoisotopic (exact) mass is 469 g/mol. The van der Waals surface area contributed by atoms with E-state index in [9.17, 15) is 8.42 Å². The summed E-state index contributed by atoms with van der Waals surface area (Å²) in [5.74, 6) is 0.715. The number of benzene rings is 1. The molecule has 0 aliphatic carbocycles. The van der Waals surface area contributed by atoms with Gasteiger partial charge in [-0.2, -0.15) is 9.98 Å². The van der Waals surface area contributed by atoms with Crippen LogP contribution < -0.4 is 15.5 Å². The average Bonchev–Trinajstić information content (AvgIpc) is 3.58. The molecule has 0 saturated heterocycles. The summed E-state index contributed by atoms with van der Waals surface area (Å²) in [5.41, 5.74) is 6.36. The Hall–Kier alpha value is -4.55. The van der Waals surface area contributed by atoms with E-state index in [2.05, 4.69) is 35.5 Å². The minimum Gasteiger partial charge on any atom is -0.262 e. The molecule has 5 aliphatic heterocycles. The van der Waals surface area contributed by atoms with Crippen molar-refractivity contribution in [1.29, 1.82) is 0 Å². The fraction of sp³-hybridized carbons (Fsp3) is 0. The van der Waals surface area contributed by atoms with E-state index in [4.69, 9.17) is 5.14 Å². The maximum absolute atomic E-state index is 12.2. The van der Waals surface area contributed by atoms with E-state index in [1.165, 1.54) is 6.08 Å². The lowest BCUT2D eigenvalue weighted by Gasteiger charge is -2.18. The number of nitrogens with zero attached hydrogens (tertiary/aromatic N) is 7. The van der Waals surface area contributed by atoms with Crippen LogP contribution in [0.25, 0.3) is 0 Å². The molecule has 0 amide bonds. The molecule has 5 heterocycles. The Morgan fingerprint density at radius 1 is 0.794 bits per heavy atom. The molecular formula is C22H15N9O2S. The van der Waals surface area contributed by atoms with E-state index in [0.29, 0.717) is 22.9 Å². The highest BCUT2D eigenvalue weighted by Gasteiger charge is 2.30. The summed E-state index contributed by atoms with van der Waals surface area (Å²) in [6, 6.07) is 9.44. The molecule has 0 aromatic heterocycles. The third kappa shape index (κ3) is 3.66. The quantitative estimate of drug-likeness (QED) is 0.641. The van der Waals surface area contributed by atoms with Crippen LogP contribution in [-0.2, 0) is 10.0 Å². The van der Waals surface area contributed by atoms with Gasteiger partial charge in [-0.05, 0) is 48.6 Å². The molecule has 34 heavy (non-hydrogen) atoms. The number of hydrazone groups is 1. The maximum Gasteiger partial charge on any atom is 0.257 e. The number of anilines is 1. The number of nitrogens with one attached hydrogen (secondary N) is 1. The van der Waals surface area contributed by atoms with Gasteiger partial charge in [-0.3, -0.25) is 10.3 Å². The van der Waals surface area contributed by atoms with Gasteiger partial charge in [0.05, 0.1) is 28.5 Å². The predicted octanol–water partition coefficient (Wildman–Crippen LogP) is 1.51. The van der Waals surface area contributed by atoms with Crippen LogP contribution in [0, 0.1) is 0 Å². The molecule has 12 heteroatoms. The van der Waals surface area contributed by atoms with Gasteiger partial charge in [-0.15, -0.1) is 5.10 Å². The minimum absolute atomic E-state index is 0.0419. The molecule has 0 saturated carbocycles. The summed E-state index contributed by atoms with van der Waals surface area (Å²) < 4.78 is 24.4. The molecule has 0 atom stereocenters. The minimum atomic E-state index is -4.16. The zero-order valence-corrected chi connectivity index (χ0v) is 18.2. The van der Waals surface area contributed by atoms with Crippen molar-refractivity contribution < 1.29 is 8.42 Å². The number of sulfonamides is 1. The first-order chi connectivity index (χ1) is 16.4. The molecule has 6 rings (SSSR count). The highest BCUT2D eigenvalue weighted by molar-refractivity contribution is 8.06. The van der Waals surface area contributed by atoms with E-state index in [0.717, 1.165) is 11.4 Å². The standard InChI is InChI=1S/C22H15N9O2S/c23-34(32,33)20-18-11-15-8-6-13(24-15)10-14-7-9-16(25-14)12-19-29-30-22(28-21(26-18)27-20)31(19)17-4-2-1-3-5-17/h1-12,29H,(H2,23,32,33). The smallest absolute Gasteiger partial charge is 0.257 e. The molecule has 1 aromatic carbocycles. The summed E-state index contributed by atoms with van der Waals surface area (Å²) >= 11 is 0. The second-order valence-corrected chi connectivity index (χ2v) is 8.95. The summed E-state index contributed by atoms with van der Waals surface area (Å²) in [6.45, 7) is 0. The second kappa shape index (κ2) is 7.50. The Labute approximate surface area is 194 Å². The van der Waals surface area contributed by atoms with Crippen LogP contribution in [0.15, 0.2) is 120 Å². The van der Waals surface area contributed by atoms with E-state index >= 15 is 0 Å². The van der Waals surface area contributed by atoms with Crippen molar-refractivity contribution in [2.24, 2.45) is 35.2 Å². The molecule has 5 aliphatic rings. The lowest BCUT2D eigenvalue weighted by atomic mass is 10.2. The molecule has 0 fully saturated rings. The number of nitrogens with two attached hydrogens (primary N) is 1. The van der Waals surface area contributed by atoms with Gasteiger partial charge in [0, 0.05) is 6.08 Å². The van der Waals surface area contributed by atoms with E-state index < -0.39 is 10.0 Å². The first kappa shape index (κ1) is 20.1. The number of fused-ring (bicyclic) bond motifs is 5. The summed E-state index contributed by atoms with van der Waals surface area (Å²) in [6.07, 6.45) is 12.4. The molecule has 0 spiro atoms. The van der Waals surface area contributed by atoms with Crippen molar-refractivity contribution in [2.45, 2.75) is 0 Å². The lowest BCUT2D eigenvalue weighted by molar-refractivity contribution is 0.609. The molecule has 8 bridgehead atoms. The normalized spacial score (nSPS) is 20.5. The highest BCUT2D eigenvalue weighted by Crippen LogP contribution is 2.24. The van der Waals surface area contributed by atoms with Crippen molar-refractivity contribution in [3.8, 4) is 0 Å². The third-order valence-electron chi connectivity index (χ3n) is 5.07. The average molecular weight is 469 g/mol. The van der Waals surface area contributed by atoms with Gasteiger partial charge in [-0.25, -0.2) is 28.5 Å². The third-order valence-corrected chi connectivity index (χ3v) is 5.91. The van der Waals surface area contributed by atoms with Gasteiger partial charge in [0.25, 0.3) is 21.9 Å². The summed E-state index contributed by atoms with van der Waals surface area (Å²) in [5, 5.41) is 9.30. The van der Waals surface area contributed by atoms with Crippen LogP contribution >= 0.6 is 0 Å². The van der Waals surface area contributed by atoms with Crippen molar-refractivity contribution in [3.05, 3.63) is 90.1 Å². The maximum atomic E-state index is 12.2. The van der Waals surface area contributed by atoms with Gasteiger partial charge in [0.1, 0.15) is 11.5 Å². The fourth-order valence-corrected chi connectivity index (χ4v) is 4.24. The fourth-order valence-electron chi connectivity index (χ4n) is 3.63. The number of para-hydroxylation sites is 1. The topological polar surface area (TPSA) is 150 Å². The van der Waals surface area contributed by atoms with Gasteiger partial charge in [-0.1, -0.05) is 18.2 Å². The zero-order valence-electron chi connectivity index (χ0n) is 17.4. The lowest BCUT2D eigenvalue weighted by Crippen LogP contribution is -2.28. The Morgan fingerprint density at radius 3 is 2.24 bits per heavy atom. The van der Waals surface area contributed by atoms with Gasteiger partial charge >= 0.3 is 0 Å². The largest absolute Gasteiger partial charge is 0.262 e. The van der Waals surface area contributed by atoms with Crippen molar-refractivity contribution in [2.75, 3.05) is 4.90 Å². The predicted molar refractivity (Wildman–Crippen MR) is 132 cm³/mol. The van der Waals surface area contributed by atoms with Crippen molar-refractivity contribution in [3.63, 3.8) is 0 Å². The Kier molecular flexibility index (Phi) is 4.43. The Balaban J connectivity index is 1.55. The SMILES string of the molecule is NS(=O)(=O)C1=NC2=NC3=NNC(=CC4=NC(=CC5=NC(=CC1=N2)C=C5)C=C4)N3c1ccccc1. The number of hydrogen-bond donors (Lipinski definition) is 2. The van der Waals surface area contributed by atoms with Crippen LogP contribution in [0.2, 0.25) is 0 Å². The first-order valence-electron chi connectivity index (χ1n) is 10.1. The Bertz CT molecular complexity index is 1580. The summed E-state index contributed by atoms with van der Waals surface area (Å²) in [7, 11) is -4.16. The number of aliphatic imine (C=N–C) groups is 5. The zero-order chi connectivity index (χ0) is 23.3. The molecule has 3 N–H and O–H groups in total. The van der Waals surface area contributed by atoms with Crippen LogP contribution in [0.1, 0.15) is 0 Å². The highest BCUT2D eigenvalue weighted by atomic mass is 32.2. The van der Waals surface area contributed by atoms with E-state index in [-0.39, 0.29) is 22.7 Å². The number of primary sulfonamides is 1. The van der Waals surface area contributed by atoms with Gasteiger partial charge in [0.15, 0.2) is 5.04 Å². The first-order valence-corrected chi connectivity index (χ1v) is 11.6. The van der Waals surface area contributed by atoms with Crippen molar-refractivity contribution >= 4 is 49.8 Å². The van der Waals surface area contributed by atoms with Crippen LogP contribution in [0.4, 0.5) is 5.69 Å². The molecule has 0 unspecified atom stereocenters. The molecule has 1 aromatic rings. The number of hydrogen-bond acceptors (Lipinski definition) is 10. The van der Waals surface area contributed by atoms with Gasteiger partial charge < -0.3 is 0 Å². The summed E-state index contributed by atoms with van der Waals surface area (Å²) in [4.78, 5) is 23.6. The van der Waals surface area contributed by atoms with E-state index in [1.807, 2.05) is 54.6 Å². The number of guanidine groups is 2. The van der Waals surface area contributed by atoms with Crippen molar-refractivity contribution in [1.82, 2.24) is 5.43 Å². The number of rotatable bonds is 1. The molecule has 166 valence electrons. The van der Waals surface area contributed by atoms with Crippen LogP contribution in [-0.4, -0.2) is 42.5 Å². The Morgan fingerprint density at radius 2 is 1.50 bits per heavy atom. The van der Waals surface area contributed by atoms with Crippen LogP contribution in [0.5, 0.6) is 0 Å². The van der Waals surface area contributed by atoms with Gasteiger partial charge in [0.2, 0.25) is 0 Å². The molecule has 0 radical (unpaired) electrons. The number of allylic oxidation sites excluding steroid dienone is 7. The van der Waals surface area contributed by atoms with E-state index in [1.54, 1.807) is 17.1 Å². The second-order valence-electron chi connectivity index (χ2n) is 7.47. The van der Waals surface area contributed by atoms with Crippen LogP contribution in [0.3, 0.4) is 0 Å².